The lowest BCUT2D eigenvalue weighted by Crippen LogP contribution is -2.00. The second kappa shape index (κ2) is 9.54. The van der Waals surface area contributed by atoms with Crippen molar-refractivity contribution in [2.24, 2.45) is 0 Å². The number of allylic oxidation sites excluding steroid dienone is 1. The van der Waals surface area contributed by atoms with E-state index in [9.17, 15) is 0 Å². The monoisotopic (exact) mass is 382 g/mol. The molecule has 0 aromatic heterocycles. The van der Waals surface area contributed by atoms with Crippen LogP contribution in [0.1, 0.15) is 49.7 Å². The van der Waals surface area contributed by atoms with E-state index < -0.39 is 0 Å². The molecule has 1 aliphatic rings. The number of hydrogen-bond acceptors (Lipinski definition) is 4. The molecule has 4 nitrogen and oxygen atoms in total. The van der Waals surface area contributed by atoms with E-state index in [4.69, 9.17) is 18.9 Å². The summed E-state index contributed by atoms with van der Waals surface area (Å²) in [6.07, 6.45) is 7.32. The van der Waals surface area contributed by atoms with Gasteiger partial charge in [0.1, 0.15) is 5.75 Å². The lowest BCUT2D eigenvalue weighted by atomic mass is 9.89. The predicted molar refractivity (Wildman–Crippen MR) is 113 cm³/mol. The number of rotatable bonds is 6. The van der Waals surface area contributed by atoms with Crippen LogP contribution in [0.2, 0.25) is 0 Å². The first-order valence-electron chi connectivity index (χ1n) is 9.88. The van der Waals surface area contributed by atoms with E-state index in [1.54, 1.807) is 28.4 Å². The summed E-state index contributed by atoms with van der Waals surface area (Å²) in [4.78, 5) is 0. The predicted octanol–water partition coefficient (Wildman–Crippen LogP) is 5.88. The van der Waals surface area contributed by atoms with Crippen molar-refractivity contribution in [3.8, 4) is 23.0 Å². The number of benzene rings is 2. The summed E-state index contributed by atoms with van der Waals surface area (Å²) < 4.78 is 22.1. The fraction of sp³-hybridized carbons (Fsp3) is 0.417. The van der Waals surface area contributed by atoms with E-state index >= 15 is 0 Å². The quantitative estimate of drug-likeness (QED) is 0.585. The molecule has 0 N–H and O–H groups in total. The molecule has 0 heterocycles. The Labute approximate surface area is 168 Å². The van der Waals surface area contributed by atoms with Gasteiger partial charge in [-0.05, 0) is 66.6 Å². The highest BCUT2D eigenvalue weighted by atomic mass is 16.5. The Hall–Kier alpha value is -2.62. The zero-order valence-electron chi connectivity index (χ0n) is 17.3. The number of ether oxygens (including phenoxy) is 4. The molecule has 2 aromatic carbocycles. The molecule has 1 saturated carbocycles. The Morgan fingerprint density at radius 1 is 0.643 bits per heavy atom. The van der Waals surface area contributed by atoms with Crippen molar-refractivity contribution in [1.29, 1.82) is 0 Å². The summed E-state index contributed by atoms with van der Waals surface area (Å²) in [7, 11) is 6.65. The van der Waals surface area contributed by atoms with Gasteiger partial charge < -0.3 is 18.9 Å². The molecule has 2 aromatic rings. The average Bonchev–Trinajstić information content (AvgIpc) is 3.03. The van der Waals surface area contributed by atoms with Crippen molar-refractivity contribution in [2.45, 2.75) is 38.5 Å². The second-order valence-corrected chi connectivity index (χ2v) is 7.04. The van der Waals surface area contributed by atoms with Crippen molar-refractivity contribution in [3.63, 3.8) is 0 Å². The molecule has 4 heteroatoms. The summed E-state index contributed by atoms with van der Waals surface area (Å²) in [5, 5.41) is 0. The van der Waals surface area contributed by atoms with Gasteiger partial charge in [0.2, 0.25) is 5.75 Å². The lowest BCUT2D eigenvalue weighted by molar-refractivity contribution is 0.324. The average molecular weight is 383 g/mol. The van der Waals surface area contributed by atoms with Crippen molar-refractivity contribution >= 4 is 5.57 Å². The van der Waals surface area contributed by atoms with Crippen molar-refractivity contribution in [3.05, 3.63) is 53.1 Å². The van der Waals surface area contributed by atoms with Gasteiger partial charge in [-0.1, -0.05) is 30.5 Å². The van der Waals surface area contributed by atoms with Crippen LogP contribution >= 0.6 is 0 Å². The van der Waals surface area contributed by atoms with E-state index in [0.717, 1.165) is 24.2 Å². The molecular weight excluding hydrogens is 352 g/mol. The summed E-state index contributed by atoms with van der Waals surface area (Å²) in [6, 6.07) is 12.4. The minimum atomic E-state index is 0.619. The maximum Gasteiger partial charge on any atom is 0.203 e. The summed E-state index contributed by atoms with van der Waals surface area (Å²) in [5.41, 5.74) is 5.05. The van der Waals surface area contributed by atoms with Gasteiger partial charge in [0.05, 0.1) is 28.4 Å². The maximum absolute atomic E-state index is 5.61. The molecule has 0 saturated heterocycles. The standard InChI is InChI=1S/C24H30O4/c1-25-20-13-11-18(12-14-20)23(17-9-7-5-6-8-10-17)19-15-21(26-2)24(28-4)22(16-19)27-3/h11-16H,5-10H2,1-4H3. The minimum Gasteiger partial charge on any atom is -0.497 e. The molecule has 1 fully saturated rings. The van der Waals surface area contributed by atoms with E-state index in [1.165, 1.54) is 42.4 Å². The van der Waals surface area contributed by atoms with Crippen molar-refractivity contribution in [2.75, 3.05) is 28.4 Å². The Morgan fingerprint density at radius 3 is 1.68 bits per heavy atom. The van der Waals surface area contributed by atoms with Crippen LogP contribution < -0.4 is 18.9 Å². The number of methoxy groups -OCH3 is 4. The number of hydrogen-bond donors (Lipinski definition) is 0. The largest absolute Gasteiger partial charge is 0.497 e. The van der Waals surface area contributed by atoms with Gasteiger partial charge >= 0.3 is 0 Å². The summed E-state index contributed by atoms with van der Waals surface area (Å²) in [6.45, 7) is 0. The van der Waals surface area contributed by atoms with Crippen LogP contribution in [-0.4, -0.2) is 28.4 Å². The molecule has 1 aliphatic carbocycles. The molecular formula is C24H30O4. The van der Waals surface area contributed by atoms with E-state index in [2.05, 4.69) is 24.3 Å². The first-order chi connectivity index (χ1) is 13.7. The fourth-order valence-corrected chi connectivity index (χ4v) is 3.96. The Bertz CT molecular complexity index is 786. The highest BCUT2D eigenvalue weighted by Crippen LogP contribution is 2.43. The topological polar surface area (TPSA) is 36.9 Å². The van der Waals surface area contributed by atoms with Crippen LogP contribution in [0.3, 0.4) is 0 Å². The highest BCUT2D eigenvalue weighted by Gasteiger charge is 2.19. The van der Waals surface area contributed by atoms with Gasteiger partial charge in [-0.3, -0.25) is 0 Å². The summed E-state index contributed by atoms with van der Waals surface area (Å²) in [5.74, 6) is 2.83. The van der Waals surface area contributed by atoms with E-state index in [1.807, 2.05) is 12.1 Å². The Kier molecular flexibility index (Phi) is 6.85. The third-order valence-corrected chi connectivity index (χ3v) is 5.39. The van der Waals surface area contributed by atoms with E-state index in [-0.39, 0.29) is 0 Å². The van der Waals surface area contributed by atoms with Gasteiger partial charge in [-0.15, -0.1) is 0 Å². The second-order valence-electron chi connectivity index (χ2n) is 7.04. The van der Waals surface area contributed by atoms with Gasteiger partial charge in [0, 0.05) is 0 Å². The van der Waals surface area contributed by atoms with Crippen LogP contribution in [0.25, 0.3) is 5.57 Å². The van der Waals surface area contributed by atoms with Crippen LogP contribution in [0.15, 0.2) is 42.0 Å². The van der Waals surface area contributed by atoms with E-state index in [0.29, 0.717) is 17.2 Å². The molecule has 0 spiro atoms. The molecule has 0 bridgehead atoms. The van der Waals surface area contributed by atoms with Gasteiger partial charge in [0.15, 0.2) is 11.5 Å². The highest BCUT2D eigenvalue weighted by molar-refractivity contribution is 5.84. The third-order valence-electron chi connectivity index (χ3n) is 5.39. The molecule has 3 rings (SSSR count). The normalized spacial score (nSPS) is 14.2. The first-order valence-corrected chi connectivity index (χ1v) is 9.88. The maximum atomic E-state index is 5.61. The first kappa shape index (κ1) is 20.1. The Morgan fingerprint density at radius 2 is 1.21 bits per heavy atom. The molecule has 0 atom stereocenters. The van der Waals surface area contributed by atoms with Crippen molar-refractivity contribution in [1.82, 2.24) is 0 Å². The lowest BCUT2D eigenvalue weighted by Gasteiger charge is -2.19. The zero-order valence-corrected chi connectivity index (χ0v) is 17.3. The SMILES string of the molecule is COc1ccc(C(=C2CCCCCC2)c2cc(OC)c(OC)c(OC)c2)cc1. The molecule has 28 heavy (non-hydrogen) atoms. The van der Waals surface area contributed by atoms with Gasteiger partial charge in [-0.2, -0.15) is 0 Å². The van der Waals surface area contributed by atoms with Gasteiger partial charge in [-0.25, -0.2) is 0 Å². The van der Waals surface area contributed by atoms with Gasteiger partial charge in [0.25, 0.3) is 0 Å². The van der Waals surface area contributed by atoms with Crippen LogP contribution in [0.4, 0.5) is 0 Å². The minimum absolute atomic E-state index is 0.619. The van der Waals surface area contributed by atoms with Crippen LogP contribution in [0.5, 0.6) is 23.0 Å². The smallest absolute Gasteiger partial charge is 0.203 e. The third kappa shape index (κ3) is 4.27. The molecule has 0 amide bonds. The molecule has 150 valence electrons. The van der Waals surface area contributed by atoms with Crippen LogP contribution in [-0.2, 0) is 0 Å². The summed E-state index contributed by atoms with van der Waals surface area (Å²) >= 11 is 0. The van der Waals surface area contributed by atoms with Crippen molar-refractivity contribution < 1.29 is 18.9 Å². The molecule has 0 unspecified atom stereocenters. The molecule has 0 radical (unpaired) electrons. The fourth-order valence-electron chi connectivity index (χ4n) is 3.96. The van der Waals surface area contributed by atoms with Crippen LogP contribution in [0, 0.1) is 0 Å². The molecule has 0 aliphatic heterocycles. The zero-order chi connectivity index (χ0) is 19.9. The Balaban J connectivity index is 2.20.